The zero-order valence-corrected chi connectivity index (χ0v) is 11.1. The number of carbonyl (C=O) groups is 1. The third-order valence-electron chi connectivity index (χ3n) is 3.00. The molecule has 1 aliphatic rings. The molecule has 1 aliphatic heterocycles. The summed E-state index contributed by atoms with van der Waals surface area (Å²) in [6.07, 6.45) is 3.37. The Kier molecular flexibility index (Phi) is 3.62. The van der Waals surface area contributed by atoms with Gasteiger partial charge in [-0.05, 0) is 40.0 Å². The van der Waals surface area contributed by atoms with Crippen LogP contribution in [0.3, 0.4) is 0 Å². The van der Waals surface area contributed by atoms with Crippen LogP contribution in [0.1, 0.15) is 47.0 Å². The van der Waals surface area contributed by atoms with Gasteiger partial charge in [0, 0.05) is 12.1 Å². The number of carbonyl (C=O) groups excluding carboxylic acids is 1. The van der Waals surface area contributed by atoms with Gasteiger partial charge in [-0.2, -0.15) is 0 Å². The number of alkyl halides is 1. The van der Waals surface area contributed by atoms with Crippen molar-refractivity contribution >= 4 is 21.8 Å². The van der Waals surface area contributed by atoms with Crippen LogP contribution in [-0.4, -0.2) is 27.2 Å². The Labute approximate surface area is 95.2 Å². The molecule has 1 rings (SSSR count). The van der Waals surface area contributed by atoms with E-state index in [4.69, 9.17) is 0 Å². The average molecular weight is 262 g/mol. The highest BCUT2D eigenvalue weighted by Gasteiger charge is 2.38. The molecular formula is C11H20BrNO. The molecule has 1 saturated heterocycles. The average Bonchev–Trinajstić information content (AvgIpc) is 2.43. The number of hydrogen-bond donors (Lipinski definition) is 0. The number of amides is 1. The van der Waals surface area contributed by atoms with Crippen molar-refractivity contribution in [1.82, 2.24) is 4.90 Å². The lowest BCUT2D eigenvalue weighted by molar-refractivity contribution is -0.135. The van der Waals surface area contributed by atoms with Crippen molar-refractivity contribution in [3.63, 3.8) is 0 Å². The van der Waals surface area contributed by atoms with Gasteiger partial charge in [-0.15, -0.1) is 0 Å². The van der Waals surface area contributed by atoms with E-state index in [2.05, 4.69) is 34.7 Å². The van der Waals surface area contributed by atoms with E-state index in [9.17, 15) is 4.79 Å². The lowest BCUT2D eigenvalue weighted by atomic mass is 10.1. The molecule has 14 heavy (non-hydrogen) atoms. The Morgan fingerprint density at radius 3 is 2.50 bits per heavy atom. The van der Waals surface area contributed by atoms with Gasteiger partial charge in [0.05, 0.1) is 4.32 Å². The van der Waals surface area contributed by atoms with Gasteiger partial charge in [-0.3, -0.25) is 4.79 Å². The van der Waals surface area contributed by atoms with Crippen LogP contribution >= 0.6 is 15.9 Å². The minimum absolute atomic E-state index is 0.231. The van der Waals surface area contributed by atoms with E-state index in [0.29, 0.717) is 12.1 Å². The molecule has 1 fully saturated rings. The maximum Gasteiger partial charge on any atom is 0.239 e. The van der Waals surface area contributed by atoms with E-state index in [0.717, 1.165) is 19.3 Å². The van der Waals surface area contributed by atoms with Crippen LogP contribution < -0.4 is 0 Å². The summed E-state index contributed by atoms with van der Waals surface area (Å²) in [5.74, 6) is 0.231. The quantitative estimate of drug-likeness (QED) is 0.701. The Balaban J connectivity index is 2.79. The fourth-order valence-electron chi connectivity index (χ4n) is 2.15. The first-order chi connectivity index (χ1) is 6.38. The SMILES string of the molecule is CCC1CCC(C)N1C(=O)C(C)(C)Br. The van der Waals surface area contributed by atoms with Crippen molar-refractivity contribution in [3.8, 4) is 0 Å². The first-order valence-corrected chi connectivity index (χ1v) is 6.19. The normalized spacial score (nSPS) is 28.2. The molecule has 1 heterocycles. The second-order valence-corrected chi connectivity index (χ2v) is 6.66. The third kappa shape index (κ3) is 2.30. The summed E-state index contributed by atoms with van der Waals surface area (Å²) in [4.78, 5) is 14.2. The summed E-state index contributed by atoms with van der Waals surface area (Å²) in [6.45, 7) is 8.15. The molecule has 0 aromatic rings. The number of rotatable bonds is 2. The van der Waals surface area contributed by atoms with E-state index in [-0.39, 0.29) is 5.91 Å². The molecule has 3 heteroatoms. The Morgan fingerprint density at radius 2 is 2.07 bits per heavy atom. The fourth-order valence-corrected chi connectivity index (χ4v) is 2.35. The van der Waals surface area contributed by atoms with Gasteiger partial charge in [0.15, 0.2) is 0 Å². The molecule has 2 atom stereocenters. The number of nitrogens with zero attached hydrogens (tertiary/aromatic N) is 1. The highest BCUT2D eigenvalue weighted by molar-refractivity contribution is 9.10. The minimum Gasteiger partial charge on any atom is -0.336 e. The van der Waals surface area contributed by atoms with Crippen LogP contribution in [0.2, 0.25) is 0 Å². The summed E-state index contributed by atoms with van der Waals surface area (Å²) in [7, 11) is 0. The number of hydrogen-bond acceptors (Lipinski definition) is 1. The first kappa shape index (κ1) is 12.0. The van der Waals surface area contributed by atoms with Crippen molar-refractivity contribution in [2.45, 2.75) is 63.4 Å². The van der Waals surface area contributed by atoms with Crippen molar-refractivity contribution in [1.29, 1.82) is 0 Å². The smallest absolute Gasteiger partial charge is 0.239 e. The van der Waals surface area contributed by atoms with Crippen LogP contribution in [0, 0.1) is 0 Å². The van der Waals surface area contributed by atoms with Gasteiger partial charge >= 0.3 is 0 Å². The van der Waals surface area contributed by atoms with Gasteiger partial charge in [0.1, 0.15) is 0 Å². The zero-order valence-electron chi connectivity index (χ0n) is 9.51. The molecule has 0 aromatic carbocycles. The highest BCUT2D eigenvalue weighted by atomic mass is 79.9. The summed E-state index contributed by atoms with van der Waals surface area (Å²) in [5, 5.41) is 0. The predicted octanol–water partition coefficient (Wildman–Crippen LogP) is 2.95. The highest BCUT2D eigenvalue weighted by Crippen LogP contribution is 2.31. The van der Waals surface area contributed by atoms with Crippen molar-refractivity contribution in [2.24, 2.45) is 0 Å². The molecule has 0 aliphatic carbocycles. The van der Waals surface area contributed by atoms with E-state index < -0.39 is 4.32 Å². The molecule has 2 nitrogen and oxygen atoms in total. The lowest BCUT2D eigenvalue weighted by Crippen LogP contribution is -2.47. The molecule has 82 valence electrons. The molecule has 0 saturated carbocycles. The molecular weight excluding hydrogens is 242 g/mol. The second-order valence-electron chi connectivity index (χ2n) is 4.67. The van der Waals surface area contributed by atoms with Crippen LogP contribution in [0.5, 0.6) is 0 Å². The maximum absolute atomic E-state index is 12.1. The first-order valence-electron chi connectivity index (χ1n) is 5.39. The second kappa shape index (κ2) is 4.21. The van der Waals surface area contributed by atoms with Crippen molar-refractivity contribution < 1.29 is 4.79 Å². The van der Waals surface area contributed by atoms with E-state index in [1.165, 1.54) is 0 Å². The topological polar surface area (TPSA) is 20.3 Å². The summed E-state index contributed by atoms with van der Waals surface area (Å²) >= 11 is 3.45. The predicted molar refractivity (Wildman–Crippen MR) is 62.6 cm³/mol. The summed E-state index contributed by atoms with van der Waals surface area (Å²) in [5.41, 5.74) is 0. The van der Waals surface area contributed by atoms with Crippen LogP contribution in [0.4, 0.5) is 0 Å². The largest absolute Gasteiger partial charge is 0.336 e. The lowest BCUT2D eigenvalue weighted by Gasteiger charge is -2.32. The third-order valence-corrected chi connectivity index (χ3v) is 3.34. The molecule has 0 N–H and O–H groups in total. The molecule has 0 radical (unpaired) electrons. The summed E-state index contributed by atoms with van der Waals surface area (Å²) in [6, 6.07) is 0.860. The molecule has 0 spiro atoms. The van der Waals surface area contributed by atoms with Crippen LogP contribution in [0.25, 0.3) is 0 Å². The van der Waals surface area contributed by atoms with Gasteiger partial charge < -0.3 is 4.90 Å². The fraction of sp³-hybridized carbons (Fsp3) is 0.909. The summed E-state index contributed by atoms with van der Waals surface area (Å²) < 4.78 is -0.418. The molecule has 0 aromatic heterocycles. The van der Waals surface area contributed by atoms with E-state index >= 15 is 0 Å². The standard InChI is InChI=1S/C11H20BrNO/c1-5-9-7-6-8(2)13(9)10(14)11(3,4)12/h8-9H,5-7H2,1-4H3. The Bertz CT molecular complexity index is 222. The molecule has 2 unspecified atom stereocenters. The van der Waals surface area contributed by atoms with E-state index in [1.54, 1.807) is 0 Å². The molecule has 0 bridgehead atoms. The minimum atomic E-state index is -0.418. The maximum atomic E-state index is 12.1. The monoisotopic (exact) mass is 261 g/mol. The Morgan fingerprint density at radius 1 is 1.50 bits per heavy atom. The van der Waals surface area contributed by atoms with Gasteiger partial charge in [-0.1, -0.05) is 22.9 Å². The van der Waals surface area contributed by atoms with Gasteiger partial charge in [0.2, 0.25) is 5.91 Å². The number of halogens is 1. The van der Waals surface area contributed by atoms with Gasteiger partial charge in [0.25, 0.3) is 0 Å². The Hall–Kier alpha value is -0.0500. The van der Waals surface area contributed by atoms with Crippen LogP contribution in [0.15, 0.2) is 0 Å². The van der Waals surface area contributed by atoms with Gasteiger partial charge in [-0.25, -0.2) is 0 Å². The molecule has 1 amide bonds. The van der Waals surface area contributed by atoms with Crippen molar-refractivity contribution in [3.05, 3.63) is 0 Å². The van der Waals surface area contributed by atoms with Crippen LogP contribution in [-0.2, 0) is 4.79 Å². The van der Waals surface area contributed by atoms with Crippen molar-refractivity contribution in [2.75, 3.05) is 0 Å². The zero-order chi connectivity index (χ0) is 10.9. The van der Waals surface area contributed by atoms with E-state index in [1.807, 2.05) is 13.8 Å². The number of likely N-dealkylation sites (tertiary alicyclic amines) is 1.